The quantitative estimate of drug-likeness (QED) is 0.486. The lowest BCUT2D eigenvalue weighted by Crippen LogP contribution is -2.30. The molecule has 0 aliphatic heterocycles. The number of fused-ring (bicyclic) bond motifs is 1. The van der Waals surface area contributed by atoms with Crippen molar-refractivity contribution in [2.75, 3.05) is 6.61 Å². The number of aromatic nitrogens is 2. The Balaban J connectivity index is 1.50. The van der Waals surface area contributed by atoms with E-state index >= 15 is 0 Å². The molecule has 6 heteroatoms. The Morgan fingerprint density at radius 2 is 1.60 bits per heavy atom. The van der Waals surface area contributed by atoms with E-state index in [1.54, 1.807) is 18.2 Å². The minimum Gasteiger partial charge on any atom is -0.389 e. The molecule has 152 valence electrons. The zero-order valence-corrected chi connectivity index (χ0v) is 16.9. The highest BCUT2D eigenvalue weighted by Gasteiger charge is 2.17. The molecule has 0 unspecified atom stereocenters. The molecule has 5 nitrogen and oxygen atoms in total. The maximum atomic E-state index is 12.7. The summed E-state index contributed by atoms with van der Waals surface area (Å²) in [5, 5.41) is 11.5. The van der Waals surface area contributed by atoms with E-state index in [2.05, 4.69) is 4.98 Å². The first-order chi connectivity index (χ1) is 14.6. The van der Waals surface area contributed by atoms with E-state index in [0.29, 0.717) is 15.9 Å². The van der Waals surface area contributed by atoms with Crippen LogP contribution in [0.5, 0.6) is 0 Å². The van der Waals surface area contributed by atoms with Gasteiger partial charge in [-0.15, -0.1) is 0 Å². The van der Waals surface area contributed by atoms with Crippen LogP contribution in [-0.2, 0) is 11.3 Å². The number of ether oxygens (including phenoxy) is 1. The lowest BCUT2D eigenvalue weighted by Gasteiger charge is -2.21. The summed E-state index contributed by atoms with van der Waals surface area (Å²) < 4.78 is 7.48. The Morgan fingerprint density at radius 1 is 0.967 bits per heavy atom. The SMILES string of the molecule is O=c1c2ccc(Cl)cc2ncn1C[C@H](O)COC(c1ccccc1)c1ccccc1. The van der Waals surface area contributed by atoms with E-state index in [4.69, 9.17) is 16.3 Å². The van der Waals surface area contributed by atoms with Crippen LogP contribution in [0.15, 0.2) is 90.0 Å². The van der Waals surface area contributed by atoms with Crippen LogP contribution in [-0.4, -0.2) is 27.4 Å². The number of hydrogen-bond acceptors (Lipinski definition) is 4. The molecule has 0 spiro atoms. The Morgan fingerprint density at radius 3 is 2.23 bits per heavy atom. The molecule has 0 amide bonds. The summed E-state index contributed by atoms with van der Waals surface area (Å²) in [6.45, 7) is 0.153. The van der Waals surface area contributed by atoms with Gasteiger partial charge in [0.25, 0.3) is 5.56 Å². The molecule has 30 heavy (non-hydrogen) atoms. The van der Waals surface area contributed by atoms with E-state index in [1.807, 2.05) is 60.7 Å². The van der Waals surface area contributed by atoms with Crippen molar-refractivity contribution in [3.05, 3.63) is 112 Å². The van der Waals surface area contributed by atoms with Gasteiger partial charge in [0.15, 0.2) is 0 Å². The highest BCUT2D eigenvalue weighted by atomic mass is 35.5. The highest BCUT2D eigenvalue weighted by molar-refractivity contribution is 6.31. The fourth-order valence-electron chi connectivity index (χ4n) is 3.39. The van der Waals surface area contributed by atoms with Crippen molar-refractivity contribution >= 4 is 22.5 Å². The lowest BCUT2D eigenvalue weighted by molar-refractivity contribution is -0.000985. The van der Waals surface area contributed by atoms with Gasteiger partial charge in [0.05, 0.1) is 36.5 Å². The van der Waals surface area contributed by atoms with Crippen molar-refractivity contribution in [1.82, 2.24) is 9.55 Å². The van der Waals surface area contributed by atoms with Crippen LogP contribution in [0.1, 0.15) is 17.2 Å². The average Bonchev–Trinajstić information content (AvgIpc) is 2.77. The molecule has 0 saturated carbocycles. The zero-order valence-electron chi connectivity index (χ0n) is 16.2. The van der Waals surface area contributed by atoms with Crippen LogP contribution in [0, 0.1) is 0 Å². The molecule has 1 N–H and O–H groups in total. The fourth-order valence-corrected chi connectivity index (χ4v) is 3.56. The third-order valence-corrected chi connectivity index (χ3v) is 5.09. The predicted octanol–water partition coefficient (Wildman–Crippen LogP) is 4.22. The highest BCUT2D eigenvalue weighted by Crippen LogP contribution is 2.26. The number of benzene rings is 3. The molecule has 1 aromatic heterocycles. The van der Waals surface area contributed by atoms with Gasteiger partial charge in [0, 0.05) is 5.02 Å². The molecule has 1 heterocycles. The van der Waals surface area contributed by atoms with Gasteiger partial charge >= 0.3 is 0 Å². The molecule has 0 bridgehead atoms. The number of rotatable bonds is 7. The normalized spacial score (nSPS) is 12.4. The van der Waals surface area contributed by atoms with Crippen molar-refractivity contribution in [1.29, 1.82) is 0 Å². The van der Waals surface area contributed by atoms with Gasteiger partial charge in [-0.3, -0.25) is 9.36 Å². The van der Waals surface area contributed by atoms with Crippen molar-refractivity contribution in [3.8, 4) is 0 Å². The Kier molecular flexibility index (Phi) is 6.23. The molecule has 4 aromatic rings. The molecule has 4 rings (SSSR count). The molecule has 3 aromatic carbocycles. The number of aliphatic hydroxyl groups excluding tert-OH is 1. The van der Waals surface area contributed by atoms with Gasteiger partial charge in [-0.25, -0.2) is 4.98 Å². The molecule has 0 saturated heterocycles. The maximum absolute atomic E-state index is 12.7. The number of halogens is 1. The van der Waals surface area contributed by atoms with Crippen molar-refractivity contribution in [2.24, 2.45) is 0 Å². The second-order valence-corrected chi connectivity index (χ2v) is 7.49. The minimum absolute atomic E-state index is 0.0690. The van der Waals surface area contributed by atoms with Gasteiger partial charge in [-0.1, -0.05) is 72.3 Å². The average molecular weight is 421 g/mol. The van der Waals surface area contributed by atoms with E-state index in [1.165, 1.54) is 10.9 Å². The molecular formula is C24H21ClN2O3. The number of aliphatic hydroxyl groups is 1. The lowest BCUT2D eigenvalue weighted by atomic mass is 10.0. The Bertz CT molecular complexity index is 1140. The van der Waals surface area contributed by atoms with Gasteiger partial charge in [-0.05, 0) is 29.3 Å². The minimum atomic E-state index is -0.871. The van der Waals surface area contributed by atoms with Crippen LogP contribution in [0.25, 0.3) is 10.9 Å². The Labute approximate surface area is 179 Å². The smallest absolute Gasteiger partial charge is 0.261 e. The van der Waals surface area contributed by atoms with Crippen molar-refractivity contribution in [3.63, 3.8) is 0 Å². The maximum Gasteiger partial charge on any atom is 0.261 e. The third kappa shape index (κ3) is 4.60. The van der Waals surface area contributed by atoms with E-state index in [9.17, 15) is 9.90 Å². The van der Waals surface area contributed by atoms with Gasteiger partial charge in [0.1, 0.15) is 6.10 Å². The first kappa shape index (κ1) is 20.3. The van der Waals surface area contributed by atoms with Gasteiger partial charge in [0.2, 0.25) is 0 Å². The van der Waals surface area contributed by atoms with Crippen LogP contribution >= 0.6 is 11.6 Å². The topological polar surface area (TPSA) is 64.4 Å². The van der Waals surface area contributed by atoms with E-state index in [-0.39, 0.29) is 24.8 Å². The zero-order chi connectivity index (χ0) is 20.9. The first-order valence-corrected chi connectivity index (χ1v) is 10.0. The van der Waals surface area contributed by atoms with Crippen LogP contribution in [0.4, 0.5) is 0 Å². The second kappa shape index (κ2) is 9.22. The van der Waals surface area contributed by atoms with Gasteiger partial charge in [-0.2, -0.15) is 0 Å². The van der Waals surface area contributed by atoms with Crippen molar-refractivity contribution < 1.29 is 9.84 Å². The fraction of sp³-hybridized carbons (Fsp3) is 0.167. The molecule has 1 atom stereocenters. The molecule has 0 aliphatic carbocycles. The summed E-state index contributed by atoms with van der Waals surface area (Å²) in [7, 11) is 0. The third-order valence-electron chi connectivity index (χ3n) is 4.85. The summed E-state index contributed by atoms with van der Waals surface area (Å²) in [4.78, 5) is 17.0. The second-order valence-electron chi connectivity index (χ2n) is 7.05. The standard InChI is InChI=1S/C24H21ClN2O3/c25-19-11-12-21-22(13-19)26-16-27(24(21)29)14-20(28)15-30-23(17-7-3-1-4-8-17)18-9-5-2-6-10-18/h1-13,16,20,23,28H,14-15H2/t20-/m0/s1. The molecule has 0 radical (unpaired) electrons. The molecular weight excluding hydrogens is 400 g/mol. The monoisotopic (exact) mass is 420 g/mol. The predicted molar refractivity (Wildman–Crippen MR) is 118 cm³/mol. The van der Waals surface area contributed by atoms with Gasteiger partial charge < -0.3 is 9.84 Å². The summed E-state index contributed by atoms with van der Waals surface area (Å²) in [5.41, 5.74) is 2.30. The summed E-state index contributed by atoms with van der Waals surface area (Å²) in [6, 6.07) is 24.6. The molecule has 0 fully saturated rings. The summed E-state index contributed by atoms with van der Waals surface area (Å²) >= 11 is 5.96. The summed E-state index contributed by atoms with van der Waals surface area (Å²) in [6.07, 6.45) is 0.246. The van der Waals surface area contributed by atoms with Crippen molar-refractivity contribution in [2.45, 2.75) is 18.8 Å². The van der Waals surface area contributed by atoms with Crippen LogP contribution in [0.2, 0.25) is 5.02 Å². The number of nitrogens with zero attached hydrogens (tertiary/aromatic N) is 2. The van der Waals surface area contributed by atoms with E-state index in [0.717, 1.165) is 11.1 Å². The molecule has 0 aliphatic rings. The summed E-state index contributed by atoms with van der Waals surface area (Å²) in [5.74, 6) is 0. The first-order valence-electron chi connectivity index (χ1n) is 9.66. The number of hydrogen-bond donors (Lipinski definition) is 1. The van der Waals surface area contributed by atoms with E-state index < -0.39 is 6.10 Å². The van der Waals surface area contributed by atoms with Crippen LogP contribution in [0.3, 0.4) is 0 Å². The Hall–Kier alpha value is -2.99. The largest absolute Gasteiger partial charge is 0.389 e. The van der Waals surface area contributed by atoms with Crippen LogP contribution < -0.4 is 5.56 Å².